The van der Waals surface area contributed by atoms with E-state index in [9.17, 15) is 0 Å². The first-order valence-electron chi connectivity index (χ1n) is 26.7. The van der Waals surface area contributed by atoms with Crippen molar-refractivity contribution in [3.63, 3.8) is 0 Å². The van der Waals surface area contributed by atoms with Gasteiger partial charge in [-0.25, -0.2) is 4.98 Å². The number of hydrogen-bond donors (Lipinski definition) is 0. The fourth-order valence-electron chi connectivity index (χ4n) is 11.0. The van der Waals surface area contributed by atoms with Gasteiger partial charge in [-0.05, 0) is 95.9 Å². The van der Waals surface area contributed by atoms with Gasteiger partial charge in [-0.1, -0.05) is 231 Å². The van der Waals surface area contributed by atoms with E-state index < -0.39 is 0 Å². The van der Waals surface area contributed by atoms with E-state index in [1.54, 1.807) is 0 Å². The van der Waals surface area contributed by atoms with Gasteiger partial charge >= 0.3 is 0 Å². The van der Waals surface area contributed by atoms with Gasteiger partial charge in [0, 0.05) is 49.8 Å². The number of para-hydroxylation sites is 3. The monoisotopic (exact) mass is 1190 g/mol. The Morgan fingerprint density at radius 3 is 1.74 bits per heavy atom. The zero-order chi connectivity index (χ0) is 53.1. The van der Waals surface area contributed by atoms with Crippen molar-refractivity contribution in [1.82, 2.24) is 14.1 Å². The topological polar surface area (TPSA) is 35.9 Å². The van der Waals surface area contributed by atoms with Crippen LogP contribution in [-0.2, 0) is 43.7 Å². The summed E-state index contributed by atoms with van der Waals surface area (Å²) in [5.74, 6) is 1.97. The maximum absolute atomic E-state index is 6.84. The van der Waals surface area contributed by atoms with Gasteiger partial charge in [0.15, 0.2) is 0 Å². The van der Waals surface area contributed by atoms with Crippen LogP contribution in [0, 0.1) is 18.5 Å². The van der Waals surface area contributed by atoms with Crippen molar-refractivity contribution < 1.29 is 30.4 Å². The van der Waals surface area contributed by atoms with Gasteiger partial charge in [-0.2, -0.15) is 18.2 Å². The molecule has 388 valence electrons. The Morgan fingerprint density at radius 1 is 0.487 bits per heavy atom. The normalized spacial score (nSPS) is 12.1. The van der Waals surface area contributed by atoms with Crippen LogP contribution in [0.5, 0.6) is 11.5 Å². The van der Waals surface area contributed by atoms with Gasteiger partial charge in [0.05, 0.1) is 16.7 Å². The summed E-state index contributed by atoms with van der Waals surface area (Å²) in [6.07, 6.45) is 6.68. The molecule has 0 amide bonds. The van der Waals surface area contributed by atoms with E-state index in [4.69, 9.17) is 9.72 Å². The van der Waals surface area contributed by atoms with Gasteiger partial charge in [-0.15, -0.1) is 29.7 Å². The standard InChI is InChI=1S/C72H62N4O.Pt/c1-70(2,3)53-36-34-51(35-37-53)63-47-73-68(42-52(63)46-72(7,8)54-26-16-11-17-27-54)76-64-41-38-55(71(4,5)6)43-62(64)61-40-39-58(45-67(61)76)77-57-29-20-28-56(44-57)74-48-75(66-33-19-18-32-65(66)74)69-59(49-22-12-9-13-23-49)30-21-31-60(69)50-24-14-10-15-25-50;/h9-43,47H,46H2,1-8H3;/q-2;. The zero-order valence-electron chi connectivity index (χ0n) is 45.5. The minimum absolute atomic E-state index is 0. The number of benzene rings is 9. The Kier molecular flexibility index (Phi) is 13.8. The molecule has 0 N–H and O–H groups in total. The predicted octanol–water partition coefficient (Wildman–Crippen LogP) is 17.7. The van der Waals surface area contributed by atoms with Crippen LogP contribution in [0.25, 0.3) is 83.4 Å². The maximum Gasteiger partial charge on any atom is 0.268 e. The summed E-state index contributed by atoms with van der Waals surface area (Å²) in [5, 5.41) is 2.22. The summed E-state index contributed by atoms with van der Waals surface area (Å²) in [5.41, 5.74) is 17.5. The van der Waals surface area contributed by atoms with Gasteiger partial charge in [0.2, 0.25) is 0 Å². The van der Waals surface area contributed by atoms with E-state index in [1.165, 1.54) is 22.3 Å². The number of hydrogen-bond acceptors (Lipinski definition) is 2. The van der Waals surface area contributed by atoms with E-state index in [-0.39, 0.29) is 37.3 Å². The third kappa shape index (κ3) is 9.93. The number of pyridine rings is 1. The number of aromatic nitrogens is 4. The number of ether oxygens (including phenoxy) is 1. The average molecular weight is 1190 g/mol. The molecule has 0 saturated heterocycles. The largest absolute Gasteiger partial charge is 0.510 e. The minimum Gasteiger partial charge on any atom is -0.510 e. The molecule has 3 aromatic heterocycles. The van der Waals surface area contributed by atoms with Gasteiger partial charge in [-0.3, -0.25) is 4.57 Å². The molecule has 3 heterocycles. The Balaban J connectivity index is 0.00000645. The van der Waals surface area contributed by atoms with Crippen molar-refractivity contribution in [2.24, 2.45) is 0 Å². The first-order valence-corrected chi connectivity index (χ1v) is 26.7. The minimum atomic E-state index is -0.163. The molecule has 0 radical (unpaired) electrons. The summed E-state index contributed by atoms with van der Waals surface area (Å²) >= 11 is 0. The molecule has 9 aromatic carbocycles. The Morgan fingerprint density at radius 2 is 1.08 bits per heavy atom. The molecular weight excluding hydrogens is 1130 g/mol. The molecule has 0 aliphatic carbocycles. The molecule has 12 aromatic rings. The molecule has 0 spiro atoms. The van der Waals surface area contributed by atoms with Crippen LogP contribution in [0.4, 0.5) is 0 Å². The van der Waals surface area contributed by atoms with E-state index >= 15 is 0 Å². The molecule has 5 nitrogen and oxygen atoms in total. The van der Waals surface area contributed by atoms with Gasteiger partial charge in [0.1, 0.15) is 5.82 Å². The van der Waals surface area contributed by atoms with Gasteiger partial charge < -0.3 is 13.9 Å². The molecule has 0 atom stereocenters. The zero-order valence-corrected chi connectivity index (χ0v) is 47.8. The molecule has 12 rings (SSSR count). The number of rotatable bonds is 11. The second kappa shape index (κ2) is 20.7. The van der Waals surface area contributed by atoms with Gasteiger partial charge in [0.25, 0.3) is 6.33 Å². The van der Waals surface area contributed by atoms with E-state index in [0.29, 0.717) is 11.5 Å². The number of fused-ring (bicyclic) bond motifs is 4. The molecule has 0 aliphatic heterocycles. The Labute approximate surface area is 473 Å². The first kappa shape index (κ1) is 52.0. The maximum atomic E-state index is 6.84. The van der Waals surface area contributed by atoms with Crippen molar-refractivity contribution >= 4 is 32.8 Å². The Bertz CT molecular complexity index is 4070. The second-order valence-corrected chi connectivity index (χ2v) is 23.1. The van der Waals surface area contributed by atoms with E-state index in [2.05, 4.69) is 288 Å². The van der Waals surface area contributed by atoms with Crippen LogP contribution in [0.3, 0.4) is 0 Å². The van der Waals surface area contributed by atoms with Crippen molar-refractivity contribution in [3.05, 3.63) is 259 Å². The van der Waals surface area contributed by atoms with Crippen molar-refractivity contribution in [2.45, 2.75) is 78.1 Å². The molecule has 0 bridgehead atoms. The van der Waals surface area contributed by atoms with Crippen LogP contribution in [-0.4, -0.2) is 14.1 Å². The molecule has 78 heavy (non-hydrogen) atoms. The molecule has 0 unspecified atom stereocenters. The summed E-state index contributed by atoms with van der Waals surface area (Å²) < 4.78 is 13.4. The van der Waals surface area contributed by atoms with Crippen LogP contribution >= 0.6 is 0 Å². The second-order valence-electron chi connectivity index (χ2n) is 23.1. The van der Waals surface area contributed by atoms with E-state index in [0.717, 1.165) is 89.8 Å². The predicted molar refractivity (Wildman–Crippen MR) is 317 cm³/mol. The third-order valence-electron chi connectivity index (χ3n) is 15.2. The summed E-state index contributed by atoms with van der Waals surface area (Å²) in [6.45, 7) is 18.3. The number of imidazole rings is 1. The fraction of sp³-hybridized carbons (Fsp3) is 0.167. The summed E-state index contributed by atoms with van der Waals surface area (Å²) in [4.78, 5) is 5.34. The first-order chi connectivity index (χ1) is 37.2. The molecule has 6 heteroatoms. The van der Waals surface area contributed by atoms with E-state index in [1.807, 2.05) is 18.2 Å². The van der Waals surface area contributed by atoms with Crippen molar-refractivity contribution in [3.8, 4) is 62.1 Å². The van der Waals surface area contributed by atoms with Crippen LogP contribution in [0.1, 0.15) is 77.6 Å². The smallest absolute Gasteiger partial charge is 0.268 e. The molecular formula is C72H62N4OPt-2. The molecule has 0 saturated carbocycles. The summed E-state index contributed by atoms with van der Waals surface area (Å²) in [6, 6.07) is 82.9. The molecule has 0 fully saturated rings. The molecule has 0 aliphatic rings. The Hall–Kier alpha value is -8.11. The SMILES string of the molecule is CC(C)(C)c1ccc(-c2cnc(-n3c4[c-]c(Oc5[c-]c(-n6[c-][n+](-c7c(-c8ccccc8)cccc7-c7ccccc7)c7ccccc76)ccc5)ccc4c4cc(C(C)(C)C)ccc43)cc2CC(C)(C)c2ccccc2)cc1.[Pt]. The van der Waals surface area contributed by atoms with Crippen molar-refractivity contribution in [1.29, 1.82) is 0 Å². The third-order valence-corrected chi connectivity index (χ3v) is 15.2. The van der Waals surface area contributed by atoms with Crippen molar-refractivity contribution in [2.75, 3.05) is 0 Å². The van der Waals surface area contributed by atoms with Crippen LogP contribution in [0.2, 0.25) is 0 Å². The fourth-order valence-corrected chi connectivity index (χ4v) is 11.0. The average Bonchev–Trinajstić information content (AvgIpc) is 4.23. The van der Waals surface area contributed by atoms with Crippen LogP contribution < -0.4 is 9.30 Å². The number of nitrogens with zero attached hydrogens (tertiary/aromatic N) is 4. The summed E-state index contributed by atoms with van der Waals surface area (Å²) in [7, 11) is 0. The van der Waals surface area contributed by atoms with Crippen LogP contribution in [0.15, 0.2) is 219 Å². The quantitative estimate of drug-likeness (QED) is 0.0956.